The van der Waals surface area contributed by atoms with Crippen molar-refractivity contribution in [2.75, 3.05) is 0 Å². The Morgan fingerprint density at radius 2 is 1.27 bits per heavy atom. The summed E-state index contributed by atoms with van der Waals surface area (Å²) in [5, 5.41) is 0. The first-order chi connectivity index (χ1) is 7.04. The molecule has 0 aliphatic carbocycles. The summed E-state index contributed by atoms with van der Waals surface area (Å²) >= 11 is 0. The molecule has 0 amide bonds. The molecule has 0 unspecified atom stereocenters. The Labute approximate surface area is 97.5 Å². The molecule has 0 aromatic heterocycles. The Balaban J connectivity index is 0. The quantitative estimate of drug-likeness (QED) is 0.518. The van der Waals surface area contributed by atoms with Crippen LogP contribution < -0.4 is 0 Å². The maximum absolute atomic E-state index is 2.25. The van der Waals surface area contributed by atoms with Crippen LogP contribution in [0.4, 0.5) is 0 Å². The van der Waals surface area contributed by atoms with Crippen LogP contribution in [-0.2, 0) is 0 Å². The number of allylic oxidation sites excluding steroid dienone is 4. The zero-order valence-corrected chi connectivity index (χ0v) is 11.6. The van der Waals surface area contributed by atoms with E-state index in [1.807, 2.05) is 0 Å². The van der Waals surface area contributed by atoms with Crippen LogP contribution in [0.5, 0.6) is 0 Å². The number of rotatable bonds is 5. The molecule has 0 aromatic carbocycles. The van der Waals surface area contributed by atoms with E-state index in [1.54, 1.807) is 0 Å². The second-order valence-electron chi connectivity index (χ2n) is 4.71. The molecule has 90 valence electrons. The van der Waals surface area contributed by atoms with Crippen molar-refractivity contribution in [3.05, 3.63) is 24.3 Å². The summed E-state index contributed by atoms with van der Waals surface area (Å²) in [4.78, 5) is 0. The van der Waals surface area contributed by atoms with E-state index in [0.29, 0.717) is 0 Å². The van der Waals surface area contributed by atoms with Gasteiger partial charge in [0.25, 0.3) is 0 Å². The number of hydrogen-bond acceptors (Lipinski definition) is 0. The highest BCUT2D eigenvalue weighted by Crippen LogP contribution is 1.99. The fourth-order valence-electron chi connectivity index (χ4n) is 0.943. The minimum Gasteiger partial charge on any atom is -0.0917 e. The van der Waals surface area contributed by atoms with Gasteiger partial charge >= 0.3 is 0 Å². The van der Waals surface area contributed by atoms with Gasteiger partial charge in [-0.1, -0.05) is 58.9 Å². The molecular formula is C15H30. The maximum Gasteiger partial charge on any atom is -0.0327 e. The van der Waals surface area contributed by atoms with Gasteiger partial charge in [0.05, 0.1) is 0 Å². The lowest BCUT2D eigenvalue weighted by atomic mass is 10.1. The van der Waals surface area contributed by atoms with Crippen molar-refractivity contribution in [1.29, 1.82) is 0 Å². The van der Waals surface area contributed by atoms with Crippen molar-refractivity contribution in [2.24, 2.45) is 11.8 Å². The van der Waals surface area contributed by atoms with Crippen LogP contribution in [0.1, 0.15) is 60.8 Å². The molecule has 0 aromatic rings. The van der Waals surface area contributed by atoms with E-state index in [9.17, 15) is 0 Å². The highest BCUT2D eigenvalue weighted by Gasteiger charge is 1.84. The summed E-state index contributed by atoms with van der Waals surface area (Å²) in [6.45, 7) is 13.1. The predicted octanol–water partition coefficient (Wildman–Crippen LogP) is 5.61. The Morgan fingerprint density at radius 1 is 0.800 bits per heavy atom. The largest absolute Gasteiger partial charge is 0.0917 e. The Kier molecular flexibility index (Phi) is 15.2. The second-order valence-corrected chi connectivity index (χ2v) is 4.71. The molecule has 0 rings (SSSR count). The third-order valence-electron chi connectivity index (χ3n) is 1.85. The van der Waals surface area contributed by atoms with Gasteiger partial charge in [0.15, 0.2) is 0 Å². The fourth-order valence-corrected chi connectivity index (χ4v) is 0.943. The number of hydrogen-bond donors (Lipinski definition) is 0. The van der Waals surface area contributed by atoms with Gasteiger partial charge < -0.3 is 0 Å². The molecule has 0 saturated carbocycles. The third kappa shape index (κ3) is 24.7. The minimum atomic E-state index is 0.816. The van der Waals surface area contributed by atoms with E-state index in [2.05, 4.69) is 65.8 Å². The van der Waals surface area contributed by atoms with Gasteiger partial charge in [0.2, 0.25) is 0 Å². The summed E-state index contributed by atoms with van der Waals surface area (Å²) in [7, 11) is 0. The van der Waals surface area contributed by atoms with Crippen LogP contribution in [-0.4, -0.2) is 0 Å². The normalized spacial score (nSPS) is 11.5. The van der Waals surface area contributed by atoms with Crippen molar-refractivity contribution in [1.82, 2.24) is 0 Å². The highest BCUT2D eigenvalue weighted by molar-refractivity contribution is 4.80. The zero-order chi connectivity index (χ0) is 12.1. The summed E-state index contributed by atoms with van der Waals surface area (Å²) in [5.41, 5.74) is 0. The van der Waals surface area contributed by atoms with Crippen LogP contribution in [0.25, 0.3) is 0 Å². The van der Waals surface area contributed by atoms with Crippen LogP contribution in [0.2, 0.25) is 0 Å². The predicted molar refractivity (Wildman–Crippen MR) is 73.2 cm³/mol. The van der Waals surface area contributed by atoms with E-state index in [-0.39, 0.29) is 0 Å². The molecule has 0 aliphatic heterocycles. The summed E-state index contributed by atoms with van der Waals surface area (Å²) < 4.78 is 0. The molecular weight excluding hydrogens is 180 g/mol. The molecule has 0 spiro atoms. The van der Waals surface area contributed by atoms with Gasteiger partial charge in [-0.2, -0.15) is 0 Å². The van der Waals surface area contributed by atoms with E-state index in [0.717, 1.165) is 11.8 Å². The van der Waals surface area contributed by atoms with Crippen molar-refractivity contribution in [2.45, 2.75) is 60.8 Å². The van der Waals surface area contributed by atoms with Gasteiger partial charge in [0, 0.05) is 0 Å². The van der Waals surface area contributed by atoms with Gasteiger partial charge in [0.1, 0.15) is 0 Å². The molecule has 15 heavy (non-hydrogen) atoms. The van der Waals surface area contributed by atoms with Crippen molar-refractivity contribution in [3.63, 3.8) is 0 Å². The van der Waals surface area contributed by atoms with Crippen LogP contribution >= 0.6 is 0 Å². The SMILES string of the molecule is C/C=C/CC(C)C.CC/C=C/CC(C)C. The standard InChI is InChI=1S/C8H16.C7H14/c1-4-5-6-7-8(2)3;1-4-5-6-7(2)3/h5-6,8H,4,7H2,1-3H3;4-5,7H,6H2,1-3H3/b6-5+;5-4+. The minimum absolute atomic E-state index is 0.816. The van der Waals surface area contributed by atoms with Gasteiger partial charge in [-0.25, -0.2) is 0 Å². The van der Waals surface area contributed by atoms with E-state index < -0.39 is 0 Å². The van der Waals surface area contributed by atoms with E-state index in [1.165, 1.54) is 19.3 Å². The van der Waals surface area contributed by atoms with Crippen molar-refractivity contribution in [3.8, 4) is 0 Å². The fraction of sp³-hybridized carbons (Fsp3) is 0.733. The first kappa shape index (κ1) is 16.9. The molecule has 0 radical (unpaired) electrons. The first-order valence-corrected chi connectivity index (χ1v) is 6.30. The average Bonchev–Trinajstić information content (AvgIpc) is 2.15. The average molecular weight is 210 g/mol. The molecule has 0 aliphatic rings. The van der Waals surface area contributed by atoms with Crippen LogP contribution in [0.15, 0.2) is 24.3 Å². The summed E-state index contributed by atoms with van der Waals surface area (Å²) in [6, 6.07) is 0. The van der Waals surface area contributed by atoms with Gasteiger partial charge in [-0.15, -0.1) is 0 Å². The molecule has 0 N–H and O–H groups in total. The third-order valence-corrected chi connectivity index (χ3v) is 1.85. The molecule has 0 heteroatoms. The van der Waals surface area contributed by atoms with Gasteiger partial charge in [-0.3, -0.25) is 0 Å². The lowest BCUT2D eigenvalue weighted by molar-refractivity contribution is 0.662. The van der Waals surface area contributed by atoms with Crippen LogP contribution in [0.3, 0.4) is 0 Å². The molecule has 0 bridgehead atoms. The smallest absolute Gasteiger partial charge is 0.0327 e. The Hall–Kier alpha value is -0.520. The maximum atomic E-state index is 2.25. The molecule has 0 fully saturated rings. The zero-order valence-electron chi connectivity index (χ0n) is 11.6. The van der Waals surface area contributed by atoms with E-state index >= 15 is 0 Å². The summed E-state index contributed by atoms with van der Waals surface area (Å²) in [6.07, 6.45) is 12.4. The highest BCUT2D eigenvalue weighted by atomic mass is 13.9. The van der Waals surface area contributed by atoms with Crippen LogP contribution in [0, 0.1) is 11.8 Å². The Morgan fingerprint density at radius 3 is 1.53 bits per heavy atom. The molecule has 0 saturated heterocycles. The molecule has 0 atom stereocenters. The molecule has 0 nitrogen and oxygen atoms in total. The van der Waals surface area contributed by atoms with E-state index in [4.69, 9.17) is 0 Å². The van der Waals surface area contributed by atoms with Crippen molar-refractivity contribution >= 4 is 0 Å². The van der Waals surface area contributed by atoms with Gasteiger partial charge in [-0.05, 0) is 38.0 Å². The Bertz CT molecular complexity index is 149. The first-order valence-electron chi connectivity index (χ1n) is 6.30. The summed E-state index contributed by atoms with van der Waals surface area (Å²) in [5.74, 6) is 1.63. The monoisotopic (exact) mass is 210 g/mol. The molecule has 0 heterocycles. The second kappa shape index (κ2) is 13.5. The topological polar surface area (TPSA) is 0 Å². The van der Waals surface area contributed by atoms with Crippen molar-refractivity contribution < 1.29 is 0 Å². The lowest BCUT2D eigenvalue weighted by Crippen LogP contribution is -1.80. The lowest BCUT2D eigenvalue weighted by Gasteiger charge is -1.94.